The topological polar surface area (TPSA) is 93.1 Å². The predicted molar refractivity (Wildman–Crippen MR) is 91.1 cm³/mol. The zero-order valence-electron chi connectivity index (χ0n) is 14.0. The zero-order chi connectivity index (χ0) is 17.3. The predicted octanol–water partition coefficient (Wildman–Crippen LogP) is 3.04. The molecule has 0 saturated heterocycles. The van der Waals surface area contributed by atoms with Gasteiger partial charge in [-0.05, 0) is 6.42 Å². The Labute approximate surface area is 142 Å². The normalized spacial score (nSPS) is 12.2. The minimum atomic E-state index is -0.972. The zero-order valence-corrected chi connectivity index (χ0v) is 14.8. The van der Waals surface area contributed by atoms with Gasteiger partial charge in [0.2, 0.25) is 0 Å². The van der Waals surface area contributed by atoms with Crippen molar-refractivity contribution in [3.8, 4) is 0 Å². The summed E-state index contributed by atoms with van der Waals surface area (Å²) in [5, 5.41) is 17.2. The smallest absolute Gasteiger partial charge is 0.329 e. The maximum absolute atomic E-state index is 10.6. The Hall–Kier alpha value is -0.790. The van der Waals surface area contributed by atoms with Gasteiger partial charge in [0.15, 0.2) is 0 Å². The van der Waals surface area contributed by atoms with Gasteiger partial charge in [0, 0.05) is 11.5 Å². The van der Waals surface area contributed by atoms with Gasteiger partial charge in [-0.15, -0.1) is 0 Å². The third-order valence-electron chi connectivity index (χ3n) is 3.22. The number of rotatable bonds is 17. The molecule has 0 heterocycles. The van der Waals surface area contributed by atoms with Crippen molar-refractivity contribution >= 4 is 23.7 Å². The van der Waals surface area contributed by atoms with Crippen molar-refractivity contribution in [1.82, 2.24) is 0 Å². The summed E-state index contributed by atoms with van der Waals surface area (Å²) < 4.78 is 10.4. The van der Waals surface area contributed by atoms with Gasteiger partial charge in [0.1, 0.15) is 13.2 Å². The minimum absolute atomic E-state index is 0.0678. The molecular weight excluding hydrogens is 320 g/mol. The Morgan fingerprint density at radius 2 is 1.65 bits per heavy atom. The Morgan fingerprint density at radius 3 is 2.30 bits per heavy atom. The Morgan fingerprint density at radius 1 is 1.00 bits per heavy atom. The molecule has 2 N–H and O–H groups in total. The molecule has 23 heavy (non-hydrogen) atoms. The van der Waals surface area contributed by atoms with Crippen LogP contribution in [0.15, 0.2) is 0 Å². The number of unbranched alkanes of at least 4 members (excludes halogenated alkanes) is 5. The second-order valence-electron chi connectivity index (χ2n) is 5.40. The molecule has 0 fully saturated rings. The molecule has 1 unspecified atom stereocenters. The van der Waals surface area contributed by atoms with Crippen molar-refractivity contribution in [3.05, 3.63) is 0 Å². The van der Waals surface area contributed by atoms with E-state index in [1.807, 2.05) is 0 Å². The van der Waals surface area contributed by atoms with Gasteiger partial charge in [-0.1, -0.05) is 45.4 Å². The van der Waals surface area contributed by atoms with E-state index in [4.69, 9.17) is 19.7 Å². The highest BCUT2D eigenvalue weighted by molar-refractivity contribution is 7.99. The van der Waals surface area contributed by atoms with E-state index in [1.165, 1.54) is 25.7 Å². The van der Waals surface area contributed by atoms with Crippen LogP contribution in [0.2, 0.25) is 0 Å². The van der Waals surface area contributed by atoms with Crippen LogP contribution in [0.3, 0.4) is 0 Å². The highest BCUT2D eigenvalue weighted by Gasteiger charge is 2.11. The lowest BCUT2D eigenvalue weighted by Crippen LogP contribution is -2.21. The molecule has 6 nitrogen and oxygen atoms in total. The van der Waals surface area contributed by atoms with E-state index in [0.29, 0.717) is 18.1 Å². The van der Waals surface area contributed by atoms with E-state index in [9.17, 15) is 9.59 Å². The van der Waals surface area contributed by atoms with Gasteiger partial charge in [0.05, 0.1) is 12.7 Å². The quantitative estimate of drug-likeness (QED) is 0.389. The van der Waals surface area contributed by atoms with Gasteiger partial charge in [0.25, 0.3) is 0 Å². The van der Waals surface area contributed by atoms with Gasteiger partial charge >= 0.3 is 11.9 Å². The van der Waals surface area contributed by atoms with Crippen molar-refractivity contribution in [2.75, 3.05) is 31.3 Å². The number of carboxylic acids is 2. The fourth-order valence-corrected chi connectivity index (χ4v) is 2.98. The highest BCUT2D eigenvalue weighted by atomic mass is 32.2. The molecule has 0 spiro atoms. The summed E-state index contributed by atoms with van der Waals surface area (Å²) in [5.74, 6) is -0.538. The molecule has 136 valence electrons. The highest BCUT2D eigenvalue weighted by Crippen LogP contribution is 2.14. The molecule has 0 bridgehead atoms. The third kappa shape index (κ3) is 17.4. The van der Waals surface area contributed by atoms with Crippen molar-refractivity contribution in [2.24, 2.45) is 0 Å². The maximum Gasteiger partial charge on any atom is 0.329 e. The number of hydrogen-bond donors (Lipinski definition) is 2. The fourth-order valence-electron chi connectivity index (χ4n) is 2.05. The molecular formula is C16H30O6S. The molecule has 0 radical (unpaired) electrons. The van der Waals surface area contributed by atoms with E-state index in [0.717, 1.165) is 19.3 Å². The molecule has 0 aromatic heterocycles. The number of carboxylic acid groups (broad SMARTS) is 2. The molecule has 0 rings (SSSR count). The van der Waals surface area contributed by atoms with Crippen LogP contribution in [0.5, 0.6) is 0 Å². The lowest BCUT2D eigenvalue weighted by Gasteiger charge is -2.16. The molecule has 0 aromatic rings. The average Bonchev–Trinajstić information content (AvgIpc) is 2.50. The van der Waals surface area contributed by atoms with Crippen molar-refractivity contribution < 1.29 is 29.3 Å². The largest absolute Gasteiger partial charge is 0.480 e. The SMILES string of the molecule is CCCCCCCCC(CSCCOCC(=O)O)OCC(=O)O. The van der Waals surface area contributed by atoms with Gasteiger partial charge in [-0.3, -0.25) is 0 Å². The number of aliphatic carboxylic acids is 2. The number of hydrogen-bond acceptors (Lipinski definition) is 5. The van der Waals surface area contributed by atoms with Crippen LogP contribution in [0.1, 0.15) is 51.9 Å². The van der Waals surface area contributed by atoms with Gasteiger partial charge in [-0.25, -0.2) is 9.59 Å². The van der Waals surface area contributed by atoms with E-state index in [2.05, 4.69) is 6.92 Å². The second kappa shape index (κ2) is 16.1. The minimum Gasteiger partial charge on any atom is -0.480 e. The molecule has 0 amide bonds. The fraction of sp³-hybridized carbons (Fsp3) is 0.875. The van der Waals surface area contributed by atoms with E-state index in [-0.39, 0.29) is 19.3 Å². The molecule has 0 aliphatic carbocycles. The summed E-state index contributed by atoms with van der Waals surface area (Å²) in [6, 6.07) is 0. The monoisotopic (exact) mass is 350 g/mol. The second-order valence-corrected chi connectivity index (χ2v) is 6.55. The van der Waals surface area contributed by atoms with E-state index in [1.54, 1.807) is 11.8 Å². The summed E-state index contributed by atoms with van der Waals surface area (Å²) in [6.07, 6.45) is 7.96. The standard InChI is InChI=1S/C16H30O6S/c1-2-3-4-5-6-7-8-14(22-12-16(19)20)13-23-10-9-21-11-15(17)18/h14H,2-13H2,1H3,(H,17,18)(H,19,20). The number of thioether (sulfide) groups is 1. The van der Waals surface area contributed by atoms with Crippen LogP contribution in [0, 0.1) is 0 Å². The molecule has 0 aliphatic rings. The lowest BCUT2D eigenvalue weighted by molar-refractivity contribution is -0.144. The van der Waals surface area contributed by atoms with Crippen molar-refractivity contribution in [1.29, 1.82) is 0 Å². The Balaban J connectivity index is 3.77. The van der Waals surface area contributed by atoms with E-state index < -0.39 is 11.9 Å². The maximum atomic E-state index is 10.6. The van der Waals surface area contributed by atoms with Gasteiger partial charge < -0.3 is 19.7 Å². The van der Waals surface area contributed by atoms with Crippen LogP contribution in [0.4, 0.5) is 0 Å². The Bertz CT molecular complexity index is 311. The van der Waals surface area contributed by atoms with Crippen LogP contribution >= 0.6 is 11.8 Å². The van der Waals surface area contributed by atoms with Crippen molar-refractivity contribution in [3.63, 3.8) is 0 Å². The average molecular weight is 350 g/mol. The van der Waals surface area contributed by atoms with E-state index >= 15 is 0 Å². The lowest BCUT2D eigenvalue weighted by atomic mass is 10.1. The van der Waals surface area contributed by atoms with Crippen LogP contribution in [-0.2, 0) is 19.1 Å². The number of carbonyl (C=O) groups is 2. The third-order valence-corrected chi connectivity index (χ3v) is 4.29. The molecule has 7 heteroatoms. The van der Waals surface area contributed by atoms with Crippen LogP contribution < -0.4 is 0 Å². The first-order valence-corrected chi connectivity index (χ1v) is 9.42. The summed E-state index contributed by atoms with van der Waals surface area (Å²) >= 11 is 1.60. The summed E-state index contributed by atoms with van der Waals surface area (Å²) in [4.78, 5) is 20.9. The van der Waals surface area contributed by atoms with Crippen molar-refractivity contribution in [2.45, 2.75) is 58.0 Å². The first-order chi connectivity index (χ1) is 11.1. The summed E-state index contributed by atoms with van der Waals surface area (Å²) in [5.41, 5.74) is 0. The molecule has 1 atom stereocenters. The first kappa shape index (κ1) is 22.2. The molecule has 0 aliphatic heterocycles. The number of ether oxygens (including phenoxy) is 2. The molecule has 0 saturated carbocycles. The molecule has 0 aromatic carbocycles. The summed E-state index contributed by atoms with van der Waals surface area (Å²) in [7, 11) is 0. The van der Waals surface area contributed by atoms with Crippen LogP contribution in [0.25, 0.3) is 0 Å². The Kier molecular flexibility index (Phi) is 15.5. The van der Waals surface area contributed by atoms with Crippen LogP contribution in [-0.4, -0.2) is 59.6 Å². The van der Waals surface area contributed by atoms with Gasteiger partial charge in [-0.2, -0.15) is 11.8 Å². The first-order valence-electron chi connectivity index (χ1n) is 8.27. The summed E-state index contributed by atoms with van der Waals surface area (Å²) in [6.45, 7) is 2.01.